The van der Waals surface area contributed by atoms with Crippen molar-refractivity contribution in [3.05, 3.63) is 35.4 Å². The van der Waals surface area contributed by atoms with Gasteiger partial charge in [0.15, 0.2) is 0 Å². The quantitative estimate of drug-likeness (QED) is 0.737. The molecule has 0 fully saturated rings. The van der Waals surface area contributed by atoms with Gasteiger partial charge in [-0.1, -0.05) is 18.2 Å². The van der Waals surface area contributed by atoms with Crippen LogP contribution in [0.25, 0.3) is 0 Å². The Morgan fingerprint density at radius 2 is 2.12 bits per heavy atom. The van der Waals surface area contributed by atoms with Crippen LogP contribution in [0.1, 0.15) is 24.0 Å². The topological polar surface area (TPSA) is 35.8 Å². The number of nitriles is 1. The summed E-state index contributed by atoms with van der Waals surface area (Å²) in [5.41, 5.74) is 1.87. The van der Waals surface area contributed by atoms with E-state index < -0.39 is 0 Å². The Hall–Kier alpha value is -0.980. The van der Waals surface area contributed by atoms with Crippen LogP contribution in [0, 0.1) is 11.3 Å². The molecule has 2 nitrogen and oxygen atoms in total. The number of benzene rings is 1. The van der Waals surface area contributed by atoms with Gasteiger partial charge in [-0.05, 0) is 43.0 Å². The fraction of sp³-hybridized carbons (Fsp3) is 0.462. The van der Waals surface area contributed by atoms with Gasteiger partial charge in [-0.25, -0.2) is 0 Å². The number of hydrogen-bond donors (Lipinski definition) is 1. The van der Waals surface area contributed by atoms with Crippen LogP contribution >= 0.6 is 11.8 Å². The predicted octanol–water partition coefficient (Wildman–Crippen LogP) is 2.79. The van der Waals surface area contributed by atoms with Gasteiger partial charge in [-0.3, -0.25) is 0 Å². The van der Waals surface area contributed by atoms with Gasteiger partial charge in [0.1, 0.15) is 0 Å². The van der Waals surface area contributed by atoms with Crippen molar-refractivity contribution in [1.29, 1.82) is 5.26 Å². The molecule has 0 aromatic heterocycles. The standard InChI is InChI=1S/C13H18N2S/c1-16-9-5-4-8-15-11-13-7-3-2-6-12(13)10-14/h2-3,6-7,15H,4-5,8-9,11H2,1H3. The van der Waals surface area contributed by atoms with Crippen molar-refractivity contribution in [2.45, 2.75) is 19.4 Å². The maximum atomic E-state index is 8.91. The Morgan fingerprint density at radius 1 is 1.31 bits per heavy atom. The van der Waals surface area contributed by atoms with Gasteiger partial charge in [0.25, 0.3) is 0 Å². The summed E-state index contributed by atoms with van der Waals surface area (Å²) >= 11 is 1.89. The van der Waals surface area contributed by atoms with Crippen LogP contribution in [0.2, 0.25) is 0 Å². The minimum atomic E-state index is 0.777. The number of thioether (sulfide) groups is 1. The number of nitrogens with one attached hydrogen (secondary N) is 1. The first kappa shape index (κ1) is 13.1. The number of hydrogen-bond acceptors (Lipinski definition) is 3. The molecule has 0 aliphatic rings. The molecule has 0 spiro atoms. The molecule has 1 aromatic carbocycles. The average molecular weight is 234 g/mol. The van der Waals surface area contributed by atoms with Gasteiger partial charge < -0.3 is 5.32 Å². The summed E-state index contributed by atoms with van der Waals surface area (Å²) in [7, 11) is 0. The van der Waals surface area contributed by atoms with Gasteiger partial charge in [0.05, 0.1) is 11.6 Å². The van der Waals surface area contributed by atoms with E-state index in [-0.39, 0.29) is 0 Å². The van der Waals surface area contributed by atoms with Crippen LogP contribution in [-0.4, -0.2) is 18.6 Å². The molecule has 86 valence electrons. The highest BCUT2D eigenvalue weighted by Gasteiger charge is 1.99. The lowest BCUT2D eigenvalue weighted by molar-refractivity contribution is 0.643. The Kier molecular flexibility index (Phi) is 6.71. The van der Waals surface area contributed by atoms with Crippen molar-refractivity contribution in [1.82, 2.24) is 5.32 Å². The third-order valence-corrected chi connectivity index (χ3v) is 3.10. The van der Waals surface area contributed by atoms with Crippen molar-refractivity contribution >= 4 is 11.8 Å². The Balaban J connectivity index is 2.24. The highest BCUT2D eigenvalue weighted by molar-refractivity contribution is 7.98. The van der Waals surface area contributed by atoms with Crippen molar-refractivity contribution in [2.24, 2.45) is 0 Å². The van der Waals surface area contributed by atoms with Crippen LogP contribution in [0.15, 0.2) is 24.3 Å². The average Bonchev–Trinajstić information content (AvgIpc) is 2.34. The second kappa shape index (κ2) is 8.20. The fourth-order valence-electron chi connectivity index (χ4n) is 1.50. The maximum absolute atomic E-state index is 8.91. The lowest BCUT2D eigenvalue weighted by atomic mass is 10.1. The van der Waals surface area contributed by atoms with Crippen molar-refractivity contribution < 1.29 is 0 Å². The number of rotatable bonds is 7. The fourth-order valence-corrected chi connectivity index (χ4v) is 2.00. The summed E-state index contributed by atoms with van der Waals surface area (Å²) in [5.74, 6) is 1.23. The summed E-state index contributed by atoms with van der Waals surface area (Å²) in [6.45, 7) is 1.82. The molecule has 1 rings (SSSR count). The Morgan fingerprint density at radius 3 is 2.88 bits per heavy atom. The molecule has 0 aliphatic carbocycles. The number of nitrogens with zero attached hydrogens (tertiary/aromatic N) is 1. The maximum Gasteiger partial charge on any atom is 0.0995 e. The van der Waals surface area contributed by atoms with Crippen LogP contribution in [-0.2, 0) is 6.54 Å². The van der Waals surface area contributed by atoms with Crippen molar-refractivity contribution in [3.63, 3.8) is 0 Å². The highest BCUT2D eigenvalue weighted by atomic mass is 32.2. The molecule has 3 heteroatoms. The summed E-state index contributed by atoms with van der Waals surface area (Å²) in [6, 6.07) is 9.97. The molecule has 0 saturated carbocycles. The third kappa shape index (κ3) is 4.69. The minimum absolute atomic E-state index is 0.777. The van der Waals surface area contributed by atoms with E-state index in [9.17, 15) is 0 Å². The molecule has 1 N–H and O–H groups in total. The van der Waals surface area contributed by atoms with Crippen LogP contribution < -0.4 is 5.32 Å². The highest BCUT2D eigenvalue weighted by Crippen LogP contribution is 2.06. The summed E-state index contributed by atoms with van der Waals surface area (Å²) in [6.07, 6.45) is 4.60. The molecule has 0 aliphatic heterocycles. The van der Waals surface area contributed by atoms with E-state index in [0.717, 1.165) is 24.2 Å². The first-order valence-corrected chi connectivity index (χ1v) is 6.95. The van der Waals surface area contributed by atoms with E-state index in [0.29, 0.717) is 0 Å². The molecule has 0 saturated heterocycles. The van der Waals surface area contributed by atoms with Gasteiger partial charge in [0.2, 0.25) is 0 Å². The van der Waals surface area contributed by atoms with Crippen molar-refractivity contribution in [3.8, 4) is 6.07 Å². The summed E-state index contributed by atoms with van der Waals surface area (Å²) in [5, 5.41) is 12.3. The third-order valence-electron chi connectivity index (χ3n) is 2.41. The lowest BCUT2D eigenvalue weighted by Crippen LogP contribution is -2.15. The molecule has 0 heterocycles. The van der Waals surface area contributed by atoms with Crippen molar-refractivity contribution in [2.75, 3.05) is 18.6 Å². The van der Waals surface area contributed by atoms with E-state index in [4.69, 9.17) is 5.26 Å². The minimum Gasteiger partial charge on any atom is -0.313 e. The van der Waals surface area contributed by atoms with E-state index in [1.165, 1.54) is 18.6 Å². The van der Waals surface area contributed by atoms with E-state index in [2.05, 4.69) is 17.6 Å². The first-order chi connectivity index (χ1) is 7.88. The molecule has 0 atom stereocenters. The predicted molar refractivity (Wildman–Crippen MR) is 70.5 cm³/mol. The Labute approximate surface area is 102 Å². The molecule has 0 bridgehead atoms. The van der Waals surface area contributed by atoms with Crippen LogP contribution in [0.4, 0.5) is 0 Å². The second-order valence-electron chi connectivity index (χ2n) is 3.65. The SMILES string of the molecule is CSCCCCNCc1ccccc1C#N. The van der Waals surface area contributed by atoms with E-state index in [1.54, 1.807) is 0 Å². The largest absolute Gasteiger partial charge is 0.313 e. The first-order valence-electron chi connectivity index (χ1n) is 5.56. The van der Waals surface area contributed by atoms with Gasteiger partial charge >= 0.3 is 0 Å². The zero-order valence-electron chi connectivity index (χ0n) is 9.70. The number of unbranched alkanes of at least 4 members (excludes halogenated alkanes) is 1. The monoisotopic (exact) mass is 234 g/mol. The van der Waals surface area contributed by atoms with E-state index in [1.807, 2.05) is 36.0 Å². The van der Waals surface area contributed by atoms with Crippen LogP contribution in [0.5, 0.6) is 0 Å². The molecule has 1 aromatic rings. The zero-order chi connectivity index (χ0) is 11.6. The molecular formula is C13H18N2S. The van der Waals surface area contributed by atoms with Gasteiger partial charge in [0, 0.05) is 6.54 Å². The zero-order valence-corrected chi connectivity index (χ0v) is 10.5. The summed E-state index contributed by atoms with van der Waals surface area (Å²) in [4.78, 5) is 0. The lowest BCUT2D eigenvalue weighted by Gasteiger charge is -2.05. The summed E-state index contributed by atoms with van der Waals surface area (Å²) < 4.78 is 0. The van der Waals surface area contributed by atoms with Crippen LogP contribution in [0.3, 0.4) is 0 Å². The molecule has 0 amide bonds. The van der Waals surface area contributed by atoms with Gasteiger partial charge in [-0.2, -0.15) is 17.0 Å². The molecule has 0 unspecified atom stereocenters. The Bertz CT molecular complexity index is 344. The second-order valence-corrected chi connectivity index (χ2v) is 4.63. The molecule has 0 radical (unpaired) electrons. The molecular weight excluding hydrogens is 216 g/mol. The van der Waals surface area contributed by atoms with E-state index >= 15 is 0 Å². The normalized spacial score (nSPS) is 10.0. The smallest absolute Gasteiger partial charge is 0.0995 e. The molecule has 16 heavy (non-hydrogen) atoms. The van der Waals surface area contributed by atoms with Gasteiger partial charge in [-0.15, -0.1) is 0 Å².